The second-order valence-electron chi connectivity index (χ2n) is 15.6. The summed E-state index contributed by atoms with van der Waals surface area (Å²) in [6.07, 6.45) is 2.96. The number of carbonyl (C=O) groups excluding carboxylic acids is 2. The first-order valence-corrected chi connectivity index (χ1v) is 18.1. The first-order valence-electron chi connectivity index (χ1n) is 18.1. The first-order chi connectivity index (χ1) is 23.9. The van der Waals surface area contributed by atoms with Gasteiger partial charge in [-0.2, -0.15) is 0 Å². The van der Waals surface area contributed by atoms with Gasteiger partial charge in [0.05, 0.1) is 25.4 Å². The molecule has 9 heteroatoms. The Labute approximate surface area is 296 Å². The van der Waals surface area contributed by atoms with Gasteiger partial charge in [-0.3, -0.25) is 9.69 Å². The van der Waals surface area contributed by atoms with Crippen molar-refractivity contribution in [3.63, 3.8) is 0 Å². The molecule has 50 heavy (non-hydrogen) atoms. The summed E-state index contributed by atoms with van der Waals surface area (Å²) in [5.41, 5.74) is 6.56. The minimum atomic E-state index is -0.555. The fraction of sp³-hybridized carbons (Fsp3) is 0.512. The van der Waals surface area contributed by atoms with Crippen LogP contribution in [-0.2, 0) is 32.2 Å². The molecule has 2 unspecified atom stereocenters. The summed E-state index contributed by atoms with van der Waals surface area (Å²) in [5, 5.41) is 15.0. The molecule has 2 saturated heterocycles. The standard InChI is InChI=1S/C41H53N3O6/c1-6-48-36(46)22-43-39(47)42-21-29-9-7-10-31(17-29)32-11-8-12-33(18-32)38-49-35(23-44-26-41(5)20-34(44)19-40(3,4)25-41)27(2)37(50-38)30-15-13-28(24-45)14-16-30/h7-18,27,34-35,37-38,45H,6,19-26H2,1-5H3,(H2,42,43,47)/t27-,34?,35+,37+,38+,41?/m0/s1. The molecular weight excluding hydrogens is 630 g/mol. The fourth-order valence-electron chi connectivity index (χ4n) is 8.68. The lowest BCUT2D eigenvalue weighted by atomic mass is 9.65. The third kappa shape index (κ3) is 8.57. The summed E-state index contributed by atoms with van der Waals surface area (Å²) in [6.45, 7) is 13.6. The number of nitrogens with zero attached hydrogens (tertiary/aromatic N) is 1. The average molecular weight is 684 g/mol. The Bertz CT molecular complexity index is 1640. The van der Waals surface area contributed by atoms with Gasteiger partial charge < -0.3 is 30.0 Å². The molecule has 1 saturated carbocycles. The van der Waals surface area contributed by atoms with Crippen LogP contribution >= 0.6 is 0 Å². The van der Waals surface area contributed by atoms with E-state index in [9.17, 15) is 14.7 Å². The Hall–Kier alpha value is -3.76. The molecule has 0 aromatic heterocycles. The zero-order valence-corrected chi connectivity index (χ0v) is 30.1. The number of benzene rings is 3. The van der Waals surface area contributed by atoms with E-state index in [0.717, 1.165) is 46.5 Å². The Kier molecular flexibility index (Phi) is 11.0. The minimum Gasteiger partial charge on any atom is -0.465 e. The van der Waals surface area contributed by atoms with Crippen LogP contribution in [0, 0.1) is 16.7 Å². The van der Waals surface area contributed by atoms with E-state index in [1.54, 1.807) is 6.92 Å². The van der Waals surface area contributed by atoms with Crippen LogP contribution in [0.1, 0.15) is 88.5 Å². The van der Waals surface area contributed by atoms with Crippen molar-refractivity contribution in [1.29, 1.82) is 0 Å². The Balaban J connectivity index is 1.20. The molecule has 268 valence electrons. The highest BCUT2D eigenvalue weighted by Gasteiger charge is 2.51. The van der Waals surface area contributed by atoms with Gasteiger partial charge in [-0.25, -0.2) is 4.79 Å². The van der Waals surface area contributed by atoms with E-state index in [0.29, 0.717) is 23.4 Å². The van der Waals surface area contributed by atoms with Crippen LogP contribution in [0.4, 0.5) is 4.79 Å². The summed E-state index contributed by atoms with van der Waals surface area (Å²) in [4.78, 5) is 26.5. The summed E-state index contributed by atoms with van der Waals surface area (Å²) in [5.74, 6) is -0.353. The van der Waals surface area contributed by atoms with Gasteiger partial charge in [0.2, 0.25) is 0 Å². The van der Waals surface area contributed by atoms with Crippen molar-refractivity contribution < 1.29 is 28.9 Å². The summed E-state index contributed by atoms with van der Waals surface area (Å²) < 4.78 is 18.6. The van der Waals surface area contributed by atoms with E-state index >= 15 is 0 Å². The number of hydrogen-bond acceptors (Lipinski definition) is 7. The lowest BCUT2D eigenvalue weighted by Crippen LogP contribution is -2.46. The van der Waals surface area contributed by atoms with Crippen molar-refractivity contribution in [3.05, 3.63) is 95.1 Å². The van der Waals surface area contributed by atoms with Crippen molar-refractivity contribution in [2.24, 2.45) is 16.7 Å². The number of hydrogen-bond donors (Lipinski definition) is 3. The molecule has 6 atom stereocenters. The monoisotopic (exact) mass is 683 g/mol. The molecule has 3 fully saturated rings. The average Bonchev–Trinajstić information content (AvgIpc) is 3.34. The van der Waals surface area contributed by atoms with Gasteiger partial charge in [0.15, 0.2) is 6.29 Å². The molecule has 3 aromatic rings. The minimum absolute atomic E-state index is 0.00786. The van der Waals surface area contributed by atoms with E-state index in [4.69, 9.17) is 14.2 Å². The van der Waals surface area contributed by atoms with E-state index in [-0.39, 0.29) is 37.9 Å². The zero-order chi connectivity index (χ0) is 35.5. The number of rotatable bonds is 11. The van der Waals surface area contributed by atoms with Gasteiger partial charge in [0.1, 0.15) is 6.54 Å². The molecule has 3 aromatic carbocycles. The van der Waals surface area contributed by atoms with Crippen molar-refractivity contribution in [2.45, 2.75) is 91.6 Å². The number of aliphatic hydroxyl groups is 1. The predicted molar refractivity (Wildman–Crippen MR) is 193 cm³/mol. The highest BCUT2D eigenvalue weighted by atomic mass is 16.7. The van der Waals surface area contributed by atoms with E-state index in [2.05, 4.69) is 85.7 Å². The Morgan fingerprint density at radius 1 is 0.920 bits per heavy atom. The number of urea groups is 1. The molecule has 0 radical (unpaired) electrons. The number of amides is 2. The van der Waals surface area contributed by atoms with Crippen LogP contribution in [0.2, 0.25) is 0 Å². The molecule has 2 amide bonds. The van der Waals surface area contributed by atoms with E-state index in [1.165, 1.54) is 19.3 Å². The van der Waals surface area contributed by atoms with E-state index < -0.39 is 18.3 Å². The maximum atomic E-state index is 12.2. The number of nitrogens with one attached hydrogen (secondary N) is 2. The smallest absolute Gasteiger partial charge is 0.325 e. The molecule has 1 aliphatic carbocycles. The lowest BCUT2D eigenvalue weighted by Gasteiger charge is -2.43. The van der Waals surface area contributed by atoms with E-state index in [1.807, 2.05) is 30.3 Å². The topological polar surface area (TPSA) is 109 Å². The number of fused-ring (bicyclic) bond motifs is 2. The molecule has 2 bridgehead atoms. The van der Waals surface area contributed by atoms with Crippen LogP contribution in [0.25, 0.3) is 11.1 Å². The quantitative estimate of drug-likeness (QED) is 0.189. The van der Waals surface area contributed by atoms with Crippen molar-refractivity contribution in [2.75, 3.05) is 26.2 Å². The number of ether oxygens (including phenoxy) is 3. The maximum Gasteiger partial charge on any atom is 0.325 e. The van der Waals surface area contributed by atoms with Crippen molar-refractivity contribution in [1.82, 2.24) is 15.5 Å². The first kappa shape index (κ1) is 36.0. The third-order valence-corrected chi connectivity index (χ3v) is 10.6. The second-order valence-corrected chi connectivity index (χ2v) is 15.6. The largest absolute Gasteiger partial charge is 0.465 e. The Morgan fingerprint density at radius 3 is 2.40 bits per heavy atom. The molecule has 3 N–H and O–H groups in total. The van der Waals surface area contributed by atoms with Gasteiger partial charge in [-0.05, 0) is 77.0 Å². The van der Waals surface area contributed by atoms with Crippen LogP contribution < -0.4 is 10.6 Å². The summed E-state index contributed by atoms with van der Waals surface area (Å²) >= 11 is 0. The van der Waals surface area contributed by atoms with Gasteiger partial charge in [-0.1, -0.05) is 88.4 Å². The van der Waals surface area contributed by atoms with Gasteiger partial charge in [0.25, 0.3) is 0 Å². The number of carbonyl (C=O) groups is 2. The molecule has 0 spiro atoms. The number of likely N-dealkylation sites (tertiary alicyclic amines) is 1. The predicted octanol–water partition coefficient (Wildman–Crippen LogP) is 6.90. The molecular formula is C41H53N3O6. The molecule has 2 heterocycles. The number of aliphatic hydroxyl groups excluding tert-OH is 1. The summed E-state index contributed by atoms with van der Waals surface area (Å²) in [7, 11) is 0. The lowest BCUT2D eigenvalue weighted by molar-refractivity contribution is -0.276. The molecule has 3 aliphatic rings. The van der Waals surface area contributed by atoms with Crippen LogP contribution in [0.5, 0.6) is 0 Å². The maximum absolute atomic E-state index is 12.2. The number of esters is 1. The normalized spacial score (nSPS) is 27.4. The van der Waals surface area contributed by atoms with Crippen LogP contribution in [0.3, 0.4) is 0 Å². The molecule has 9 nitrogen and oxygen atoms in total. The van der Waals surface area contributed by atoms with Crippen LogP contribution in [0.15, 0.2) is 72.8 Å². The molecule has 2 aliphatic heterocycles. The third-order valence-electron chi connectivity index (χ3n) is 10.6. The highest BCUT2D eigenvalue weighted by molar-refractivity contribution is 5.80. The summed E-state index contributed by atoms with van der Waals surface area (Å²) in [6, 6.07) is 24.6. The molecule has 6 rings (SSSR count). The van der Waals surface area contributed by atoms with Crippen molar-refractivity contribution in [3.8, 4) is 11.1 Å². The zero-order valence-electron chi connectivity index (χ0n) is 30.1. The van der Waals surface area contributed by atoms with Crippen LogP contribution in [-0.4, -0.2) is 60.4 Å². The SMILES string of the molecule is CCOC(=O)CNC(=O)NCc1cccc(-c2cccc([C@@H]3O[C@H](CN4CC5(C)CC4CC(C)(C)C5)[C@H](C)[C@H](c4ccc(CO)cc4)O3)c2)c1. The Morgan fingerprint density at radius 2 is 1.66 bits per heavy atom. The van der Waals surface area contributed by atoms with Gasteiger partial charge in [-0.15, -0.1) is 0 Å². The fourth-order valence-corrected chi connectivity index (χ4v) is 8.68. The highest BCUT2D eigenvalue weighted by Crippen LogP contribution is 2.53. The van der Waals surface area contributed by atoms with Crippen molar-refractivity contribution >= 4 is 12.0 Å². The van der Waals surface area contributed by atoms with Gasteiger partial charge >= 0.3 is 12.0 Å². The second kappa shape index (κ2) is 15.2. The van der Waals surface area contributed by atoms with Gasteiger partial charge in [0, 0.05) is 37.2 Å².